The zero-order valence-electron chi connectivity index (χ0n) is 12.1. The van der Waals surface area contributed by atoms with Crippen LogP contribution in [0.1, 0.15) is 36.5 Å². The lowest BCUT2D eigenvalue weighted by molar-refractivity contribution is 0.0536. The van der Waals surface area contributed by atoms with E-state index in [0.29, 0.717) is 30.4 Å². The third kappa shape index (κ3) is 4.23. The molecule has 0 unspecified atom stereocenters. The van der Waals surface area contributed by atoms with Gasteiger partial charge in [0.05, 0.1) is 18.8 Å². The first-order valence-corrected chi connectivity index (χ1v) is 7.39. The molecular weight excluding hydrogens is 254 g/mol. The van der Waals surface area contributed by atoms with E-state index in [-0.39, 0.29) is 5.91 Å². The fourth-order valence-electron chi connectivity index (χ4n) is 2.29. The summed E-state index contributed by atoms with van der Waals surface area (Å²) in [4.78, 5) is 12.2. The van der Waals surface area contributed by atoms with Crippen LogP contribution in [0.4, 0.5) is 0 Å². The molecule has 1 saturated heterocycles. The Labute approximate surface area is 120 Å². The van der Waals surface area contributed by atoms with Crippen LogP contribution in [-0.2, 0) is 4.74 Å². The Kier molecular flexibility index (Phi) is 5.87. The summed E-state index contributed by atoms with van der Waals surface area (Å²) < 4.78 is 11.0. The molecule has 1 aromatic rings. The van der Waals surface area contributed by atoms with E-state index in [9.17, 15) is 4.79 Å². The molecule has 0 aliphatic carbocycles. The maximum Gasteiger partial charge on any atom is 0.255 e. The Balaban J connectivity index is 1.90. The van der Waals surface area contributed by atoms with E-state index in [1.54, 1.807) is 6.07 Å². The van der Waals surface area contributed by atoms with E-state index < -0.39 is 0 Å². The van der Waals surface area contributed by atoms with Crippen molar-refractivity contribution >= 4 is 5.91 Å². The summed E-state index contributed by atoms with van der Waals surface area (Å²) in [5, 5.41) is 2.99. The monoisotopic (exact) mass is 277 g/mol. The first-order chi connectivity index (χ1) is 9.81. The molecule has 4 nitrogen and oxygen atoms in total. The summed E-state index contributed by atoms with van der Waals surface area (Å²) in [7, 11) is 0. The molecule has 1 aromatic carbocycles. The van der Waals surface area contributed by atoms with Crippen LogP contribution >= 0.6 is 0 Å². The van der Waals surface area contributed by atoms with Crippen LogP contribution in [0.2, 0.25) is 0 Å². The highest BCUT2D eigenvalue weighted by atomic mass is 16.5. The van der Waals surface area contributed by atoms with Gasteiger partial charge < -0.3 is 14.8 Å². The molecule has 4 heteroatoms. The van der Waals surface area contributed by atoms with Gasteiger partial charge in [0, 0.05) is 13.2 Å². The van der Waals surface area contributed by atoms with Gasteiger partial charge in [0.15, 0.2) is 0 Å². The van der Waals surface area contributed by atoms with Crippen LogP contribution in [0.3, 0.4) is 0 Å². The second-order valence-electron chi connectivity index (χ2n) is 5.14. The first kappa shape index (κ1) is 14.9. The molecule has 1 aliphatic rings. The average molecular weight is 277 g/mol. The van der Waals surface area contributed by atoms with E-state index in [0.717, 1.165) is 32.5 Å². The van der Waals surface area contributed by atoms with E-state index in [1.165, 1.54) is 0 Å². The van der Waals surface area contributed by atoms with Crippen LogP contribution in [0, 0.1) is 5.92 Å². The van der Waals surface area contributed by atoms with Gasteiger partial charge in [-0.25, -0.2) is 0 Å². The number of carbonyl (C=O) groups is 1. The third-order valence-corrected chi connectivity index (χ3v) is 3.40. The lowest BCUT2D eigenvalue weighted by Crippen LogP contribution is -2.33. The first-order valence-electron chi connectivity index (χ1n) is 7.39. The number of ether oxygens (including phenoxy) is 2. The van der Waals surface area contributed by atoms with Gasteiger partial charge in [-0.15, -0.1) is 0 Å². The van der Waals surface area contributed by atoms with E-state index in [1.807, 2.05) is 25.1 Å². The van der Waals surface area contributed by atoms with Gasteiger partial charge in [0.1, 0.15) is 5.75 Å². The van der Waals surface area contributed by atoms with Crippen LogP contribution in [0.5, 0.6) is 5.75 Å². The lowest BCUT2D eigenvalue weighted by Gasteiger charge is -2.22. The van der Waals surface area contributed by atoms with Gasteiger partial charge in [0.2, 0.25) is 0 Å². The topological polar surface area (TPSA) is 47.6 Å². The Bertz CT molecular complexity index is 427. The molecule has 1 amide bonds. The van der Waals surface area contributed by atoms with E-state index >= 15 is 0 Å². The lowest BCUT2D eigenvalue weighted by atomic mass is 10.0. The number of para-hydroxylation sites is 1. The van der Waals surface area contributed by atoms with E-state index in [2.05, 4.69) is 5.32 Å². The Morgan fingerprint density at radius 3 is 3.05 bits per heavy atom. The predicted octanol–water partition coefficient (Wildman–Crippen LogP) is 2.63. The molecular formula is C16H23NO3. The average Bonchev–Trinajstić information content (AvgIpc) is 2.52. The molecule has 1 atom stereocenters. The van der Waals surface area contributed by atoms with Gasteiger partial charge >= 0.3 is 0 Å². The second kappa shape index (κ2) is 7.90. The number of amides is 1. The number of carbonyl (C=O) groups excluding carboxylic acids is 1. The van der Waals surface area contributed by atoms with Gasteiger partial charge in [-0.05, 0) is 37.3 Å². The number of hydrogen-bond acceptors (Lipinski definition) is 3. The molecule has 110 valence electrons. The molecule has 0 spiro atoms. The molecule has 2 rings (SSSR count). The van der Waals surface area contributed by atoms with Gasteiger partial charge in [-0.3, -0.25) is 4.79 Å². The number of hydrogen-bond donors (Lipinski definition) is 1. The molecule has 0 bridgehead atoms. The zero-order valence-corrected chi connectivity index (χ0v) is 12.1. The van der Waals surface area contributed by atoms with Crippen molar-refractivity contribution in [3.63, 3.8) is 0 Å². The van der Waals surface area contributed by atoms with Crippen LogP contribution in [0.15, 0.2) is 24.3 Å². The van der Waals surface area contributed by atoms with Crippen LogP contribution in [0.25, 0.3) is 0 Å². The molecule has 0 saturated carbocycles. The minimum absolute atomic E-state index is 0.0673. The number of benzene rings is 1. The summed E-state index contributed by atoms with van der Waals surface area (Å²) in [6.07, 6.45) is 3.13. The molecule has 1 aliphatic heterocycles. The minimum Gasteiger partial charge on any atom is -0.493 e. The van der Waals surface area contributed by atoms with Crippen molar-refractivity contribution in [3.8, 4) is 5.75 Å². The molecule has 1 fully saturated rings. The summed E-state index contributed by atoms with van der Waals surface area (Å²) in [5.74, 6) is 1.02. The molecule has 0 aromatic heterocycles. The quantitative estimate of drug-likeness (QED) is 0.869. The SMILES string of the molecule is CCCOc1ccccc1C(=O)NC[C@H]1CCCOC1. The van der Waals surface area contributed by atoms with Crippen molar-refractivity contribution in [2.75, 3.05) is 26.4 Å². The molecule has 0 radical (unpaired) electrons. The summed E-state index contributed by atoms with van der Waals surface area (Å²) in [6.45, 7) is 4.93. The third-order valence-electron chi connectivity index (χ3n) is 3.40. The Hall–Kier alpha value is -1.55. The highest BCUT2D eigenvalue weighted by Crippen LogP contribution is 2.18. The molecule has 1 N–H and O–H groups in total. The zero-order chi connectivity index (χ0) is 14.2. The summed E-state index contributed by atoms with van der Waals surface area (Å²) in [6, 6.07) is 7.39. The highest BCUT2D eigenvalue weighted by molar-refractivity contribution is 5.96. The fourth-order valence-corrected chi connectivity index (χ4v) is 2.29. The smallest absolute Gasteiger partial charge is 0.255 e. The molecule has 1 heterocycles. The molecule has 20 heavy (non-hydrogen) atoms. The van der Waals surface area contributed by atoms with Crippen LogP contribution < -0.4 is 10.1 Å². The van der Waals surface area contributed by atoms with Crippen molar-refractivity contribution in [2.45, 2.75) is 26.2 Å². The summed E-state index contributed by atoms with van der Waals surface area (Å²) >= 11 is 0. The van der Waals surface area contributed by atoms with Gasteiger partial charge in [0.25, 0.3) is 5.91 Å². The van der Waals surface area contributed by atoms with Crippen molar-refractivity contribution in [1.82, 2.24) is 5.32 Å². The number of rotatable bonds is 6. The predicted molar refractivity (Wildman–Crippen MR) is 78.1 cm³/mol. The fraction of sp³-hybridized carbons (Fsp3) is 0.562. The van der Waals surface area contributed by atoms with Gasteiger partial charge in [-0.2, -0.15) is 0 Å². The Morgan fingerprint density at radius 1 is 1.45 bits per heavy atom. The maximum atomic E-state index is 12.2. The standard InChI is InChI=1S/C16H23NO3/c1-2-9-20-15-8-4-3-7-14(15)16(18)17-11-13-6-5-10-19-12-13/h3-4,7-8,13H,2,5-6,9-12H2,1H3,(H,17,18)/t13-/m1/s1. The minimum atomic E-state index is -0.0673. The van der Waals surface area contributed by atoms with Crippen molar-refractivity contribution in [2.24, 2.45) is 5.92 Å². The summed E-state index contributed by atoms with van der Waals surface area (Å²) in [5.41, 5.74) is 0.609. The normalized spacial score (nSPS) is 18.6. The Morgan fingerprint density at radius 2 is 2.30 bits per heavy atom. The second-order valence-corrected chi connectivity index (χ2v) is 5.14. The van der Waals surface area contributed by atoms with Crippen molar-refractivity contribution < 1.29 is 14.3 Å². The van der Waals surface area contributed by atoms with Crippen molar-refractivity contribution in [3.05, 3.63) is 29.8 Å². The highest BCUT2D eigenvalue weighted by Gasteiger charge is 2.17. The van der Waals surface area contributed by atoms with Crippen LogP contribution in [-0.4, -0.2) is 32.3 Å². The van der Waals surface area contributed by atoms with Gasteiger partial charge in [-0.1, -0.05) is 19.1 Å². The van der Waals surface area contributed by atoms with Crippen molar-refractivity contribution in [1.29, 1.82) is 0 Å². The maximum absolute atomic E-state index is 12.2. The number of nitrogens with one attached hydrogen (secondary N) is 1. The van der Waals surface area contributed by atoms with E-state index in [4.69, 9.17) is 9.47 Å². The largest absolute Gasteiger partial charge is 0.493 e.